The molecule has 146 valence electrons. The molecule has 3 aromatic rings. The van der Waals surface area contributed by atoms with Gasteiger partial charge in [0, 0.05) is 5.56 Å². The fraction of sp³-hybridized carbons (Fsp3) is 0.182. The van der Waals surface area contributed by atoms with Crippen molar-refractivity contribution in [3.8, 4) is 34.7 Å². The molecule has 0 bridgehead atoms. The molecule has 0 spiro atoms. The number of phenolic OH excluding ortho intramolecular Hbond substituents is 1. The fourth-order valence-corrected chi connectivity index (χ4v) is 3.44. The van der Waals surface area contributed by atoms with Crippen molar-refractivity contribution < 1.29 is 14.6 Å². The van der Waals surface area contributed by atoms with Crippen LogP contribution >= 0.6 is 0 Å². The molecule has 1 aromatic heterocycles. The number of H-pyrrole nitrogens is 1. The van der Waals surface area contributed by atoms with E-state index in [-0.39, 0.29) is 17.2 Å². The maximum Gasteiger partial charge on any atom is 0.244 e. The zero-order chi connectivity index (χ0) is 20.4. The molecule has 1 aliphatic rings. The number of nitrogens with one attached hydrogen (secondary N) is 1. The molecular formula is C22H20N4O3. The zero-order valence-corrected chi connectivity index (χ0v) is 15.8. The highest BCUT2D eigenvalue weighted by molar-refractivity contribution is 5.71. The summed E-state index contributed by atoms with van der Waals surface area (Å²) < 4.78 is 11.2. The summed E-state index contributed by atoms with van der Waals surface area (Å²) in [6.07, 6.45) is 0.934. The number of phenols is 1. The Morgan fingerprint density at radius 2 is 2.07 bits per heavy atom. The number of allylic oxidation sites excluding steroid dienone is 1. The smallest absolute Gasteiger partial charge is 0.244 e. The molecule has 1 atom stereocenters. The van der Waals surface area contributed by atoms with Gasteiger partial charge in [-0.15, -0.1) is 5.10 Å². The van der Waals surface area contributed by atoms with Gasteiger partial charge in [-0.1, -0.05) is 19.1 Å². The van der Waals surface area contributed by atoms with Crippen molar-refractivity contribution in [3.63, 3.8) is 0 Å². The Hall–Kier alpha value is -3.92. The summed E-state index contributed by atoms with van der Waals surface area (Å²) in [5.41, 5.74) is 9.27. The SMILES string of the molecule is CCCOc1ccc(-c2[nH]nc3c2C(c2cccc(O)c2)C(C#N)=C(N)O3)cc1. The molecular weight excluding hydrogens is 368 g/mol. The number of nitrogens with zero attached hydrogens (tertiary/aromatic N) is 2. The van der Waals surface area contributed by atoms with Crippen LogP contribution in [0.15, 0.2) is 60.0 Å². The lowest BCUT2D eigenvalue weighted by atomic mass is 9.83. The molecule has 2 heterocycles. The highest BCUT2D eigenvalue weighted by Gasteiger charge is 2.35. The summed E-state index contributed by atoms with van der Waals surface area (Å²) in [6, 6.07) is 16.5. The highest BCUT2D eigenvalue weighted by Crippen LogP contribution is 2.46. The van der Waals surface area contributed by atoms with Gasteiger partial charge < -0.3 is 20.3 Å². The maximum absolute atomic E-state index is 9.96. The molecule has 2 aromatic carbocycles. The number of fused-ring (bicyclic) bond motifs is 1. The molecule has 1 aliphatic heterocycles. The van der Waals surface area contributed by atoms with Crippen LogP contribution in [0.2, 0.25) is 0 Å². The van der Waals surface area contributed by atoms with E-state index in [1.807, 2.05) is 30.3 Å². The fourth-order valence-electron chi connectivity index (χ4n) is 3.44. The van der Waals surface area contributed by atoms with Crippen LogP contribution in [0.1, 0.15) is 30.4 Å². The van der Waals surface area contributed by atoms with Gasteiger partial charge in [0.05, 0.1) is 23.8 Å². The van der Waals surface area contributed by atoms with Crippen LogP contribution in [0.4, 0.5) is 0 Å². The standard InChI is InChI=1S/C22H20N4O3/c1-2-10-28-16-8-6-13(7-9-16)20-19-18(14-4-3-5-15(27)11-14)17(12-23)21(24)29-22(19)26-25-20/h3-9,11,18,27H,2,10,24H2,1H3,(H,25,26). The number of rotatable bonds is 5. The number of aromatic hydroxyl groups is 1. The molecule has 4 rings (SSSR count). The molecule has 0 saturated carbocycles. The number of nitriles is 1. The number of nitrogens with two attached hydrogens (primary N) is 1. The van der Waals surface area contributed by atoms with Crippen molar-refractivity contribution in [2.75, 3.05) is 6.61 Å². The molecule has 0 saturated heterocycles. The highest BCUT2D eigenvalue weighted by atomic mass is 16.5. The zero-order valence-electron chi connectivity index (χ0n) is 15.8. The van der Waals surface area contributed by atoms with Gasteiger partial charge in [-0.05, 0) is 48.4 Å². The Morgan fingerprint density at radius 3 is 2.76 bits per heavy atom. The number of aromatic amines is 1. The van der Waals surface area contributed by atoms with Crippen LogP contribution in [0.5, 0.6) is 17.4 Å². The Balaban J connectivity index is 1.82. The van der Waals surface area contributed by atoms with Crippen molar-refractivity contribution in [3.05, 3.63) is 71.1 Å². The number of benzene rings is 2. The second kappa shape index (κ2) is 7.60. The number of ether oxygens (including phenoxy) is 2. The predicted octanol–water partition coefficient (Wildman–Crippen LogP) is 3.79. The van der Waals surface area contributed by atoms with E-state index < -0.39 is 5.92 Å². The second-order valence-corrected chi connectivity index (χ2v) is 6.71. The summed E-state index contributed by atoms with van der Waals surface area (Å²) in [4.78, 5) is 0. The Bertz CT molecular complexity index is 1110. The van der Waals surface area contributed by atoms with Gasteiger partial charge in [0.15, 0.2) is 0 Å². The molecule has 0 fully saturated rings. The minimum absolute atomic E-state index is 0.00899. The average Bonchev–Trinajstić information content (AvgIpc) is 3.14. The summed E-state index contributed by atoms with van der Waals surface area (Å²) in [6.45, 7) is 2.71. The van der Waals surface area contributed by atoms with Crippen LogP contribution in [0, 0.1) is 11.3 Å². The van der Waals surface area contributed by atoms with E-state index in [0.717, 1.165) is 29.0 Å². The monoisotopic (exact) mass is 388 g/mol. The van der Waals surface area contributed by atoms with Gasteiger partial charge in [0.25, 0.3) is 0 Å². The van der Waals surface area contributed by atoms with E-state index in [4.69, 9.17) is 15.2 Å². The third kappa shape index (κ3) is 3.36. The van der Waals surface area contributed by atoms with Crippen LogP contribution in [0.25, 0.3) is 11.3 Å². The predicted molar refractivity (Wildman–Crippen MR) is 107 cm³/mol. The molecule has 7 heteroatoms. The van der Waals surface area contributed by atoms with E-state index in [2.05, 4.69) is 23.2 Å². The molecule has 0 amide bonds. The molecule has 0 aliphatic carbocycles. The quantitative estimate of drug-likeness (QED) is 0.612. The summed E-state index contributed by atoms with van der Waals surface area (Å²) in [5, 5.41) is 26.9. The van der Waals surface area contributed by atoms with Crippen molar-refractivity contribution in [2.24, 2.45) is 5.73 Å². The first-order valence-corrected chi connectivity index (χ1v) is 9.30. The largest absolute Gasteiger partial charge is 0.508 e. The third-order valence-corrected chi connectivity index (χ3v) is 4.76. The van der Waals surface area contributed by atoms with Crippen molar-refractivity contribution in [1.82, 2.24) is 10.2 Å². The van der Waals surface area contributed by atoms with Crippen LogP contribution in [-0.4, -0.2) is 21.9 Å². The summed E-state index contributed by atoms with van der Waals surface area (Å²) in [5.74, 6) is 0.701. The van der Waals surface area contributed by atoms with Crippen LogP contribution in [0.3, 0.4) is 0 Å². The molecule has 1 unspecified atom stereocenters. The minimum atomic E-state index is -0.513. The Kier molecular flexibility index (Phi) is 4.83. The van der Waals surface area contributed by atoms with Gasteiger partial charge in [0.1, 0.15) is 23.1 Å². The van der Waals surface area contributed by atoms with Gasteiger partial charge in [-0.3, -0.25) is 5.10 Å². The number of hydrogen-bond donors (Lipinski definition) is 3. The van der Waals surface area contributed by atoms with Crippen molar-refractivity contribution in [2.45, 2.75) is 19.3 Å². The van der Waals surface area contributed by atoms with Crippen LogP contribution in [-0.2, 0) is 0 Å². The number of aromatic nitrogens is 2. The van der Waals surface area contributed by atoms with E-state index in [9.17, 15) is 10.4 Å². The van der Waals surface area contributed by atoms with Gasteiger partial charge in [-0.2, -0.15) is 5.26 Å². The Morgan fingerprint density at radius 1 is 1.28 bits per heavy atom. The molecule has 7 nitrogen and oxygen atoms in total. The maximum atomic E-state index is 9.96. The Labute approximate surface area is 168 Å². The van der Waals surface area contributed by atoms with Crippen LogP contribution < -0.4 is 15.2 Å². The van der Waals surface area contributed by atoms with Gasteiger partial charge >= 0.3 is 0 Å². The first kappa shape index (κ1) is 18.4. The summed E-state index contributed by atoms with van der Waals surface area (Å²) in [7, 11) is 0. The van der Waals surface area contributed by atoms with Crippen molar-refractivity contribution >= 4 is 0 Å². The lowest BCUT2D eigenvalue weighted by molar-refractivity contribution is 0.317. The normalized spacial score (nSPS) is 15.4. The third-order valence-electron chi connectivity index (χ3n) is 4.76. The lowest BCUT2D eigenvalue weighted by Crippen LogP contribution is -2.20. The first-order valence-electron chi connectivity index (χ1n) is 9.30. The van der Waals surface area contributed by atoms with E-state index in [1.54, 1.807) is 18.2 Å². The lowest BCUT2D eigenvalue weighted by Gasteiger charge is -2.24. The molecule has 29 heavy (non-hydrogen) atoms. The summed E-state index contributed by atoms with van der Waals surface area (Å²) >= 11 is 0. The first-order chi connectivity index (χ1) is 14.1. The average molecular weight is 388 g/mol. The van der Waals surface area contributed by atoms with Gasteiger partial charge in [0.2, 0.25) is 11.8 Å². The molecule has 4 N–H and O–H groups in total. The topological polar surface area (TPSA) is 117 Å². The van der Waals surface area contributed by atoms with E-state index in [1.165, 1.54) is 0 Å². The molecule has 0 radical (unpaired) electrons. The van der Waals surface area contributed by atoms with E-state index >= 15 is 0 Å². The number of hydrogen-bond acceptors (Lipinski definition) is 6. The van der Waals surface area contributed by atoms with Crippen molar-refractivity contribution in [1.29, 1.82) is 5.26 Å². The van der Waals surface area contributed by atoms with Gasteiger partial charge in [-0.25, -0.2) is 0 Å². The minimum Gasteiger partial charge on any atom is -0.508 e. The second-order valence-electron chi connectivity index (χ2n) is 6.71. The van der Waals surface area contributed by atoms with E-state index in [0.29, 0.717) is 18.1 Å².